The Morgan fingerprint density at radius 3 is 2.62 bits per heavy atom. The first kappa shape index (κ1) is 10.5. The Kier molecular flexibility index (Phi) is 4.22. The minimum atomic E-state index is -0.318. The maximum Gasteiger partial charge on any atom is 0.237 e. The molecule has 1 aliphatic carbocycles. The second-order valence-electron chi connectivity index (χ2n) is 3.86. The predicted octanol–water partition coefficient (Wildman–Crippen LogP) is 1.17. The third-order valence-electron chi connectivity index (χ3n) is 2.73. The SMILES string of the molecule is CC[C@H](N)C(=O)NC1CCCCC1. The number of nitrogens with two attached hydrogens (primary N) is 1. The first-order valence-corrected chi connectivity index (χ1v) is 5.30. The molecule has 13 heavy (non-hydrogen) atoms. The highest BCUT2D eigenvalue weighted by atomic mass is 16.2. The molecule has 0 heterocycles. The van der Waals surface area contributed by atoms with Crippen LogP contribution in [0.3, 0.4) is 0 Å². The second-order valence-corrected chi connectivity index (χ2v) is 3.86. The molecule has 1 atom stereocenters. The highest BCUT2D eigenvalue weighted by Crippen LogP contribution is 2.17. The topological polar surface area (TPSA) is 55.1 Å². The van der Waals surface area contributed by atoms with Crippen molar-refractivity contribution in [1.29, 1.82) is 0 Å². The number of carbonyl (C=O) groups excluding carboxylic acids is 1. The fraction of sp³-hybridized carbons (Fsp3) is 0.900. The number of amides is 1. The molecular formula is C10H20N2O. The molecule has 3 heteroatoms. The molecule has 0 bridgehead atoms. The molecule has 3 N–H and O–H groups in total. The van der Waals surface area contributed by atoms with E-state index in [9.17, 15) is 4.79 Å². The molecule has 0 saturated heterocycles. The van der Waals surface area contributed by atoms with Gasteiger partial charge in [0.15, 0.2) is 0 Å². The summed E-state index contributed by atoms with van der Waals surface area (Å²) in [6.07, 6.45) is 6.77. The normalized spacial score (nSPS) is 21.1. The van der Waals surface area contributed by atoms with Crippen LogP contribution in [0.25, 0.3) is 0 Å². The molecule has 1 fully saturated rings. The Morgan fingerprint density at radius 1 is 1.46 bits per heavy atom. The Bertz CT molecular complexity index is 164. The lowest BCUT2D eigenvalue weighted by molar-refractivity contribution is -0.123. The van der Waals surface area contributed by atoms with Gasteiger partial charge in [-0.05, 0) is 19.3 Å². The van der Waals surface area contributed by atoms with E-state index in [1.807, 2.05) is 6.92 Å². The van der Waals surface area contributed by atoms with Crippen molar-refractivity contribution in [3.63, 3.8) is 0 Å². The number of carbonyl (C=O) groups is 1. The molecular weight excluding hydrogens is 164 g/mol. The standard InChI is InChI=1S/C10H20N2O/c1-2-9(11)10(13)12-8-6-4-3-5-7-8/h8-9H,2-7,11H2,1H3,(H,12,13)/t9-/m0/s1. The van der Waals surface area contributed by atoms with E-state index in [0.717, 1.165) is 19.3 Å². The summed E-state index contributed by atoms with van der Waals surface area (Å²) in [6.45, 7) is 1.94. The van der Waals surface area contributed by atoms with Crippen LogP contribution in [0.4, 0.5) is 0 Å². The zero-order valence-electron chi connectivity index (χ0n) is 8.38. The van der Waals surface area contributed by atoms with Crippen molar-refractivity contribution in [2.24, 2.45) is 5.73 Å². The Morgan fingerprint density at radius 2 is 2.08 bits per heavy atom. The Hall–Kier alpha value is -0.570. The van der Waals surface area contributed by atoms with Crippen LogP contribution in [0.2, 0.25) is 0 Å². The van der Waals surface area contributed by atoms with Crippen molar-refractivity contribution in [2.75, 3.05) is 0 Å². The Balaban J connectivity index is 2.26. The van der Waals surface area contributed by atoms with E-state index >= 15 is 0 Å². The first-order chi connectivity index (χ1) is 6.24. The molecule has 0 aromatic carbocycles. The lowest BCUT2D eigenvalue weighted by Crippen LogP contribution is -2.45. The molecule has 0 unspecified atom stereocenters. The van der Waals surface area contributed by atoms with Crippen molar-refractivity contribution in [2.45, 2.75) is 57.5 Å². The smallest absolute Gasteiger partial charge is 0.237 e. The van der Waals surface area contributed by atoms with Crippen LogP contribution in [0.1, 0.15) is 45.4 Å². The number of hydrogen-bond acceptors (Lipinski definition) is 2. The van der Waals surface area contributed by atoms with Gasteiger partial charge >= 0.3 is 0 Å². The van der Waals surface area contributed by atoms with Gasteiger partial charge in [0.05, 0.1) is 6.04 Å². The van der Waals surface area contributed by atoms with Gasteiger partial charge in [-0.15, -0.1) is 0 Å². The average molecular weight is 184 g/mol. The van der Waals surface area contributed by atoms with Gasteiger partial charge < -0.3 is 11.1 Å². The van der Waals surface area contributed by atoms with E-state index in [0.29, 0.717) is 6.04 Å². The van der Waals surface area contributed by atoms with Crippen LogP contribution in [-0.4, -0.2) is 18.0 Å². The van der Waals surface area contributed by atoms with Gasteiger partial charge in [-0.3, -0.25) is 4.79 Å². The quantitative estimate of drug-likeness (QED) is 0.692. The van der Waals surface area contributed by atoms with Crippen molar-refractivity contribution in [1.82, 2.24) is 5.32 Å². The minimum absolute atomic E-state index is 0.0226. The summed E-state index contributed by atoms with van der Waals surface area (Å²) >= 11 is 0. The van der Waals surface area contributed by atoms with E-state index in [-0.39, 0.29) is 11.9 Å². The van der Waals surface area contributed by atoms with Gasteiger partial charge in [-0.25, -0.2) is 0 Å². The zero-order valence-corrected chi connectivity index (χ0v) is 8.38. The molecule has 0 radical (unpaired) electrons. The van der Waals surface area contributed by atoms with E-state index < -0.39 is 0 Å². The highest BCUT2D eigenvalue weighted by Gasteiger charge is 2.18. The molecule has 0 aromatic rings. The van der Waals surface area contributed by atoms with Gasteiger partial charge in [0, 0.05) is 6.04 Å². The van der Waals surface area contributed by atoms with Gasteiger partial charge in [-0.2, -0.15) is 0 Å². The fourth-order valence-electron chi connectivity index (χ4n) is 1.74. The second kappa shape index (κ2) is 5.22. The predicted molar refractivity (Wildman–Crippen MR) is 53.3 cm³/mol. The van der Waals surface area contributed by atoms with Crippen LogP contribution in [0, 0.1) is 0 Å². The lowest BCUT2D eigenvalue weighted by Gasteiger charge is -2.24. The third kappa shape index (κ3) is 3.35. The number of rotatable bonds is 3. The monoisotopic (exact) mass is 184 g/mol. The maximum absolute atomic E-state index is 11.4. The van der Waals surface area contributed by atoms with E-state index in [1.54, 1.807) is 0 Å². The average Bonchev–Trinajstić information content (AvgIpc) is 2.18. The summed E-state index contributed by atoms with van der Waals surface area (Å²) in [5.74, 6) is 0.0226. The summed E-state index contributed by atoms with van der Waals surface area (Å²) in [6, 6.07) is 0.0702. The van der Waals surface area contributed by atoms with Crippen LogP contribution in [-0.2, 0) is 4.79 Å². The van der Waals surface area contributed by atoms with Crippen molar-refractivity contribution in [3.8, 4) is 0 Å². The summed E-state index contributed by atoms with van der Waals surface area (Å²) in [5.41, 5.74) is 5.62. The number of hydrogen-bond donors (Lipinski definition) is 2. The molecule has 1 aliphatic rings. The van der Waals surface area contributed by atoms with Crippen LogP contribution in [0.5, 0.6) is 0 Å². The summed E-state index contributed by atoms with van der Waals surface area (Å²) in [5, 5.41) is 3.01. The molecule has 3 nitrogen and oxygen atoms in total. The van der Waals surface area contributed by atoms with Crippen molar-refractivity contribution >= 4 is 5.91 Å². The summed E-state index contributed by atoms with van der Waals surface area (Å²) < 4.78 is 0. The minimum Gasteiger partial charge on any atom is -0.352 e. The largest absolute Gasteiger partial charge is 0.352 e. The van der Waals surface area contributed by atoms with Gasteiger partial charge in [0.2, 0.25) is 5.91 Å². The number of nitrogens with one attached hydrogen (secondary N) is 1. The maximum atomic E-state index is 11.4. The van der Waals surface area contributed by atoms with Gasteiger partial charge in [0.25, 0.3) is 0 Å². The molecule has 0 aliphatic heterocycles. The van der Waals surface area contributed by atoms with E-state index in [1.165, 1.54) is 19.3 Å². The fourth-order valence-corrected chi connectivity index (χ4v) is 1.74. The third-order valence-corrected chi connectivity index (χ3v) is 2.73. The first-order valence-electron chi connectivity index (χ1n) is 5.30. The van der Waals surface area contributed by atoms with Crippen molar-refractivity contribution in [3.05, 3.63) is 0 Å². The lowest BCUT2D eigenvalue weighted by atomic mass is 9.95. The van der Waals surface area contributed by atoms with Crippen molar-refractivity contribution < 1.29 is 4.79 Å². The highest BCUT2D eigenvalue weighted by molar-refractivity contribution is 5.81. The van der Waals surface area contributed by atoms with Gasteiger partial charge in [-0.1, -0.05) is 26.2 Å². The summed E-state index contributed by atoms with van der Waals surface area (Å²) in [4.78, 5) is 11.4. The van der Waals surface area contributed by atoms with Crippen LogP contribution < -0.4 is 11.1 Å². The molecule has 1 rings (SSSR count). The Labute approximate surface area is 80.1 Å². The molecule has 76 valence electrons. The zero-order chi connectivity index (χ0) is 9.68. The van der Waals surface area contributed by atoms with Crippen LogP contribution >= 0.6 is 0 Å². The molecule has 0 spiro atoms. The van der Waals surface area contributed by atoms with E-state index in [2.05, 4.69) is 5.32 Å². The molecule has 1 amide bonds. The van der Waals surface area contributed by atoms with Gasteiger partial charge in [0.1, 0.15) is 0 Å². The van der Waals surface area contributed by atoms with E-state index in [4.69, 9.17) is 5.73 Å². The molecule has 0 aromatic heterocycles. The summed E-state index contributed by atoms with van der Waals surface area (Å²) in [7, 11) is 0. The molecule has 1 saturated carbocycles. The van der Waals surface area contributed by atoms with Crippen LogP contribution in [0.15, 0.2) is 0 Å².